The predicted molar refractivity (Wildman–Crippen MR) is 43.0 cm³/mol. The van der Waals surface area contributed by atoms with Gasteiger partial charge in [-0.1, -0.05) is 6.07 Å². The largest absolute Gasteiger partial charge is 0.591 e. The molecule has 0 aromatic heterocycles. The fraction of sp³-hybridized carbons (Fsp3) is 0. The fourth-order valence-electron chi connectivity index (χ4n) is 0.722. The summed E-state index contributed by atoms with van der Waals surface area (Å²) in [4.78, 5) is -0.213. The molecule has 67 valence electrons. The van der Waals surface area contributed by atoms with Crippen LogP contribution in [0.5, 0.6) is 11.5 Å². The summed E-state index contributed by atoms with van der Waals surface area (Å²) in [5.41, 5.74) is -0.322. The van der Waals surface area contributed by atoms with Crippen LogP contribution in [0, 0.1) is 5.21 Å². The van der Waals surface area contributed by atoms with Crippen molar-refractivity contribution in [1.29, 1.82) is 0 Å². The lowest BCUT2D eigenvalue weighted by Crippen LogP contribution is -1.90. The lowest BCUT2D eigenvalue weighted by molar-refractivity contribution is -0.474. The highest BCUT2D eigenvalue weighted by Gasteiger charge is 2.14. The molecule has 0 spiro atoms. The predicted octanol–water partition coefficient (Wildman–Crippen LogP) is 0.700. The molecule has 0 aliphatic rings. The van der Waals surface area contributed by atoms with Crippen molar-refractivity contribution in [3.05, 3.63) is 23.4 Å². The molecule has 3 radical (unpaired) electrons. The molecule has 0 saturated carbocycles. The second-order valence-corrected chi connectivity index (χ2v) is 2.01. The van der Waals surface area contributed by atoms with Crippen molar-refractivity contribution < 1.29 is 20.3 Å². The van der Waals surface area contributed by atoms with Crippen LogP contribution < -0.4 is 0 Å². The third kappa shape index (κ3) is 2.24. The summed E-state index contributed by atoms with van der Waals surface area (Å²) in [5.74, 6) is -1.07. The molecule has 0 amide bonds. The topological polar surface area (TPSA) is 99.1 Å². The summed E-state index contributed by atoms with van der Waals surface area (Å²) >= 11 is 0. The maximum absolute atomic E-state index is 10.6. The standard InChI is InChI=1S/C6H6N2O4.Al/c9-5-3-1-2-4(6(5)10)8(12)7-11;/h1-3,9-11H;. The first-order chi connectivity index (χ1) is 5.66. The van der Waals surface area contributed by atoms with Gasteiger partial charge in [0.1, 0.15) is 0 Å². The molecule has 0 fully saturated rings. The number of nitrogens with zero attached hydrogens (tertiary/aromatic N) is 2. The number of hydrogen-bond donors (Lipinski definition) is 3. The normalized spacial score (nSPS) is 10.6. The molecule has 1 rings (SSSR count). The van der Waals surface area contributed by atoms with Crippen molar-refractivity contribution in [2.24, 2.45) is 5.28 Å². The van der Waals surface area contributed by atoms with Crippen LogP contribution in [-0.4, -0.2) is 37.6 Å². The van der Waals surface area contributed by atoms with E-state index in [-0.39, 0.29) is 27.9 Å². The van der Waals surface area contributed by atoms with Gasteiger partial charge in [-0.3, -0.25) is 0 Å². The summed E-state index contributed by atoms with van der Waals surface area (Å²) in [6, 6.07) is 3.73. The summed E-state index contributed by atoms with van der Waals surface area (Å²) in [6.45, 7) is 0. The third-order valence-electron chi connectivity index (χ3n) is 1.28. The number of phenols is 2. The minimum Gasteiger partial charge on any atom is -0.591 e. The molecular formula is C6H6AlN2O4. The Hall–Kier alpha value is -1.45. The Kier molecular flexibility index (Phi) is 4.04. The molecular weight excluding hydrogens is 191 g/mol. The highest BCUT2D eigenvalue weighted by atomic mass is 27.0. The number of aromatic hydroxyl groups is 2. The Balaban J connectivity index is 0.00000144. The molecule has 3 N–H and O–H groups in total. The number of phenolic OH excluding ortho intramolecular Hbond substituents is 2. The van der Waals surface area contributed by atoms with E-state index in [4.69, 9.17) is 15.4 Å². The van der Waals surface area contributed by atoms with Crippen LogP contribution in [0.25, 0.3) is 0 Å². The first-order valence-electron chi connectivity index (χ1n) is 3.00. The van der Waals surface area contributed by atoms with Gasteiger partial charge in [-0.05, 0) is 10.9 Å². The highest BCUT2D eigenvalue weighted by Crippen LogP contribution is 2.33. The second kappa shape index (κ2) is 4.55. The van der Waals surface area contributed by atoms with Gasteiger partial charge in [-0.15, -0.1) is 0 Å². The van der Waals surface area contributed by atoms with Gasteiger partial charge in [0.2, 0.25) is 11.0 Å². The summed E-state index contributed by atoms with van der Waals surface area (Å²) in [7, 11) is 0. The molecule has 1 aromatic rings. The lowest BCUT2D eigenvalue weighted by atomic mass is 10.3. The average Bonchev–Trinajstić information content (AvgIpc) is 2.08. The van der Waals surface area contributed by atoms with Gasteiger partial charge in [0, 0.05) is 23.4 Å². The van der Waals surface area contributed by atoms with Crippen LogP contribution in [0.4, 0.5) is 5.69 Å². The molecule has 0 unspecified atom stereocenters. The van der Waals surface area contributed by atoms with E-state index in [0.717, 1.165) is 0 Å². The minimum atomic E-state index is -0.620. The van der Waals surface area contributed by atoms with Gasteiger partial charge in [-0.25, -0.2) is 0 Å². The van der Waals surface area contributed by atoms with Gasteiger partial charge in [-0.2, -0.15) is 0 Å². The Morgan fingerprint density at radius 3 is 2.46 bits per heavy atom. The van der Waals surface area contributed by atoms with Gasteiger partial charge < -0.3 is 20.6 Å². The van der Waals surface area contributed by atoms with Gasteiger partial charge in [0.25, 0.3) is 5.69 Å². The number of hydrogen-bond acceptors (Lipinski definition) is 4. The maximum atomic E-state index is 10.6. The summed E-state index contributed by atoms with van der Waals surface area (Å²) in [6.07, 6.45) is 0. The zero-order valence-electron chi connectivity index (χ0n) is 6.45. The van der Waals surface area contributed by atoms with E-state index in [1.54, 1.807) is 0 Å². The van der Waals surface area contributed by atoms with Gasteiger partial charge in [0.15, 0.2) is 5.75 Å². The first kappa shape index (κ1) is 11.6. The number of para-hydroxylation sites is 1. The maximum Gasteiger partial charge on any atom is 0.293 e. The second-order valence-electron chi connectivity index (χ2n) is 2.01. The molecule has 1 aromatic carbocycles. The van der Waals surface area contributed by atoms with E-state index in [1.807, 2.05) is 0 Å². The molecule has 7 heteroatoms. The molecule has 0 aliphatic carbocycles. The Bertz CT molecular complexity index is 328. The molecule has 0 bridgehead atoms. The lowest BCUT2D eigenvalue weighted by Gasteiger charge is -2.00. The highest BCUT2D eigenvalue weighted by molar-refractivity contribution is 5.75. The molecule has 0 atom stereocenters. The van der Waals surface area contributed by atoms with Crippen LogP contribution in [0.3, 0.4) is 0 Å². The quantitative estimate of drug-likeness (QED) is 0.203. The van der Waals surface area contributed by atoms with Crippen LogP contribution in [0.1, 0.15) is 0 Å². The number of benzene rings is 1. The molecule has 0 saturated heterocycles. The van der Waals surface area contributed by atoms with Crippen LogP contribution in [0.15, 0.2) is 23.5 Å². The van der Waals surface area contributed by atoms with Crippen molar-refractivity contribution in [2.75, 3.05) is 0 Å². The van der Waals surface area contributed by atoms with E-state index in [9.17, 15) is 5.21 Å². The zero-order valence-corrected chi connectivity index (χ0v) is 7.61. The van der Waals surface area contributed by atoms with Crippen LogP contribution >= 0.6 is 0 Å². The summed E-state index contributed by atoms with van der Waals surface area (Å²) in [5, 5.41) is 38.9. The molecule has 13 heavy (non-hydrogen) atoms. The van der Waals surface area contributed by atoms with Crippen LogP contribution in [0.2, 0.25) is 0 Å². The van der Waals surface area contributed by atoms with Crippen molar-refractivity contribution in [2.45, 2.75) is 0 Å². The van der Waals surface area contributed by atoms with Crippen LogP contribution in [-0.2, 0) is 0 Å². The summed E-state index contributed by atoms with van der Waals surface area (Å²) < 4.78 is 0. The van der Waals surface area contributed by atoms with E-state index in [2.05, 4.69) is 5.28 Å². The fourth-order valence-corrected chi connectivity index (χ4v) is 0.722. The van der Waals surface area contributed by atoms with Crippen molar-refractivity contribution >= 4 is 23.0 Å². The minimum absolute atomic E-state index is 0. The van der Waals surface area contributed by atoms with E-state index >= 15 is 0 Å². The van der Waals surface area contributed by atoms with Gasteiger partial charge in [0.05, 0.1) is 0 Å². The Morgan fingerprint density at radius 1 is 1.31 bits per heavy atom. The average molecular weight is 197 g/mol. The number of rotatable bonds is 1. The Morgan fingerprint density at radius 2 is 1.92 bits per heavy atom. The third-order valence-corrected chi connectivity index (χ3v) is 1.28. The first-order valence-corrected chi connectivity index (χ1v) is 3.00. The monoisotopic (exact) mass is 197 g/mol. The van der Waals surface area contributed by atoms with Crippen molar-refractivity contribution in [1.82, 2.24) is 0 Å². The van der Waals surface area contributed by atoms with Crippen molar-refractivity contribution in [3.63, 3.8) is 0 Å². The smallest absolute Gasteiger partial charge is 0.293 e. The van der Waals surface area contributed by atoms with E-state index < -0.39 is 11.5 Å². The van der Waals surface area contributed by atoms with E-state index in [1.165, 1.54) is 18.2 Å². The molecule has 0 aliphatic heterocycles. The zero-order chi connectivity index (χ0) is 9.14. The Labute approximate surface area is 84.0 Å². The van der Waals surface area contributed by atoms with Crippen molar-refractivity contribution in [3.8, 4) is 11.5 Å². The van der Waals surface area contributed by atoms with E-state index in [0.29, 0.717) is 0 Å². The van der Waals surface area contributed by atoms with Gasteiger partial charge >= 0.3 is 0 Å². The molecule has 0 heterocycles. The SMILES string of the molecule is [Al].[O-][N+](=NO)c1cccc(O)c1O. The molecule has 6 nitrogen and oxygen atoms in total.